The van der Waals surface area contributed by atoms with Crippen LogP contribution in [0.25, 0.3) is 0 Å². The van der Waals surface area contributed by atoms with Gasteiger partial charge >= 0.3 is 0 Å². The van der Waals surface area contributed by atoms with Crippen LogP contribution in [-0.2, 0) is 0 Å². The Morgan fingerprint density at radius 3 is 2.58 bits per heavy atom. The van der Waals surface area contributed by atoms with Crippen LogP contribution in [0.1, 0.15) is 17.0 Å². The van der Waals surface area contributed by atoms with Gasteiger partial charge in [-0.1, -0.05) is 6.07 Å². The molecule has 1 N–H and O–H groups in total. The van der Waals surface area contributed by atoms with Crippen LogP contribution >= 0.6 is 11.8 Å². The summed E-state index contributed by atoms with van der Waals surface area (Å²) in [5, 5.41) is 12.6. The van der Waals surface area contributed by atoms with E-state index in [2.05, 4.69) is 16.4 Å². The normalized spacial score (nSPS) is 10.0. The van der Waals surface area contributed by atoms with Gasteiger partial charge in [0.25, 0.3) is 0 Å². The Labute approximate surface area is 117 Å². The molecule has 1 aromatic carbocycles. The van der Waals surface area contributed by atoms with Gasteiger partial charge in [-0.15, -0.1) is 11.8 Å². The van der Waals surface area contributed by atoms with Crippen LogP contribution in [0.4, 0.5) is 11.4 Å². The molecule has 0 bridgehead atoms. The monoisotopic (exact) mass is 269 g/mol. The van der Waals surface area contributed by atoms with Crippen molar-refractivity contribution in [1.29, 1.82) is 5.26 Å². The number of thioether (sulfide) groups is 1. The molecule has 0 unspecified atom stereocenters. The average Bonchev–Trinajstić information content (AvgIpc) is 2.41. The van der Waals surface area contributed by atoms with Gasteiger partial charge in [-0.25, -0.2) is 0 Å². The lowest BCUT2D eigenvalue weighted by Gasteiger charge is -2.12. The zero-order valence-corrected chi connectivity index (χ0v) is 12.0. The van der Waals surface area contributed by atoms with Crippen molar-refractivity contribution >= 4 is 23.1 Å². The minimum absolute atomic E-state index is 0.676. The third-order valence-corrected chi connectivity index (χ3v) is 3.63. The highest BCUT2D eigenvalue weighted by atomic mass is 32.2. The van der Waals surface area contributed by atoms with E-state index in [1.165, 1.54) is 0 Å². The number of pyridine rings is 1. The summed E-state index contributed by atoms with van der Waals surface area (Å²) in [7, 11) is 0. The first-order valence-electron chi connectivity index (χ1n) is 5.94. The Kier molecular flexibility index (Phi) is 4.08. The average molecular weight is 269 g/mol. The summed E-state index contributed by atoms with van der Waals surface area (Å²) in [4.78, 5) is 5.39. The largest absolute Gasteiger partial charge is 0.353 e. The molecule has 2 rings (SSSR count). The van der Waals surface area contributed by atoms with Crippen molar-refractivity contribution < 1.29 is 0 Å². The first-order chi connectivity index (χ1) is 9.15. The minimum atomic E-state index is 0.676. The van der Waals surface area contributed by atoms with E-state index in [4.69, 9.17) is 0 Å². The Morgan fingerprint density at radius 2 is 1.95 bits per heavy atom. The van der Waals surface area contributed by atoms with Gasteiger partial charge in [0.2, 0.25) is 0 Å². The summed E-state index contributed by atoms with van der Waals surface area (Å²) >= 11 is 1.57. The smallest absolute Gasteiger partial charge is 0.103 e. The molecule has 0 atom stereocenters. The molecule has 0 saturated carbocycles. The summed E-state index contributed by atoms with van der Waals surface area (Å²) in [6.07, 6.45) is 1.97. The van der Waals surface area contributed by atoms with Crippen molar-refractivity contribution in [2.75, 3.05) is 11.6 Å². The van der Waals surface area contributed by atoms with Crippen molar-refractivity contribution in [1.82, 2.24) is 4.98 Å². The fraction of sp³-hybridized carbons (Fsp3) is 0.200. The zero-order valence-electron chi connectivity index (χ0n) is 11.2. The first kappa shape index (κ1) is 13.4. The summed E-state index contributed by atoms with van der Waals surface area (Å²) in [6, 6.07) is 12.0. The molecule has 0 radical (unpaired) electrons. The van der Waals surface area contributed by atoms with Gasteiger partial charge in [0.1, 0.15) is 6.07 Å². The maximum atomic E-state index is 9.30. The molecule has 19 heavy (non-hydrogen) atoms. The first-order valence-corrected chi connectivity index (χ1v) is 7.16. The van der Waals surface area contributed by atoms with E-state index in [9.17, 15) is 5.26 Å². The van der Waals surface area contributed by atoms with E-state index >= 15 is 0 Å². The second-order valence-corrected chi connectivity index (χ2v) is 5.05. The highest BCUT2D eigenvalue weighted by Gasteiger charge is 2.08. The Balaban J connectivity index is 2.41. The van der Waals surface area contributed by atoms with E-state index in [-0.39, 0.29) is 0 Å². The fourth-order valence-electron chi connectivity index (χ4n) is 1.88. The van der Waals surface area contributed by atoms with E-state index in [1.807, 2.05) is 50.4 Å². The highest BCUT2D eigenvalue weighted by molar-refractivity contribution is 7.98. The Bertz CT molecular complexity index is 644. The molecule has 0 spiro atoms. The van der Waals surface area contributed by atoms with Crippen molar-refractivity contribution in [3.8, 4) is 6.07 Å². The molecule has 0 amide bonds. The molecule has 3 nitrogen and oxygen atoms in total. The van der Waals surface area contributed by atoms with Crippen molar-refractivity contribution in [2.45, 2.75) is 18.7 Å². The van der Waals surface area contributed by atoms with Crippen molar-refractivity contribution in [3.05, 3.63) is 47.3 Å². The maximum Gasteiger partial charge on any atom is 0.103 e. The minimum Gasteiger partial charge on any atom is -0.353 e. The number of benzene rings is 1. The second-order valence-electron chi connectivity index (χ2n) is 4.21. The lowest BCUT2D eigenvalue weighted by atomic mass is 10.1. The molecule has 0 aliphatic heterocycles. The number of hydrogen-bond acceptors (Lipinski definition) is 4. The summed E-state index contributed by atoms with van der Waals surface area (Å²) in [5.74, 6) is 0. The Hall–Kier alpha value is -1.99. The van der Waals surface area contributed by atoms with Gasteiger partial charge in [0.15, 0.2) is 0 Å². The van der Waals surface area contributed by atoms with Crippen molar-refractivity contribution in [2.24, 2.45) is 0 Å². The molecule has 0 saturated heterocycles. The summed E-state index contributed by atoms with van der Waals surface area (Å²) < 4.78 is 0. The van der Waals surface area contributed by atoms with Crippen molar-refractivity contribution in [3.63, 3.8) is 0 Å². The molecular weight excluding hydrogens is 254 g/mol. The quantitative estimate of drug-likeness (QED) is 0.854. The second kappa shape index (κ2) is 5.77. The standard InChI is InChI=1S/C15H15N3S/c1-10-7-8-13(11(2)17-10)18-14-5-4-6-15(19-3)12(14)9-16/h4-8,18H,1-3H3. The number of nitrogens with zero attached hydrogens (tertiary/aromatic N) is 2. The van der Waals surface area contributed by atoms with E-state index in [0.717, 1.165) is 27.7 Å². The van der Waals surface area contributed by atoms with Crippen LogP contribution in [-0.4, -0.2) is 11.2 Å². The van der Waals surface area contributed by atoms with Crippen LogP contribution in [0.5, 0.6) is 0 Å². The van der Waals surface area contributed by atoms with Crippen LogP contribution in [0.2, 0.25) is 0 Å². The fourth-order valence-corrected chi connectivity index (χ4v) is 2.46. The molecule has 2 aromatic rings. The van der Waals surface area contributed by atoms with E-state index in [0.29, 0.717) is 5.56 Å². The lowest BCUT2D eigenvalue weighted by Crippen LogP contribution is -1.99. The molecule has 0 fully saturated rings. The topological polar surface area (TPSA) is 48.7 Å². The third kappa shape index (κ3) is 2.88. The molecule has 4 heteroatoms. The maximum absolute atomic E-state index is 9.30. The SMILES string of the molecule is CSc1cccc(Nc2ccc(C)nc2C)c1C#N. The number of nitriles is 1. The number of rotatable bonds is 3. The number of hydrogen-bond donors (Lipinski definition) is 1. The van der Waals surface area contributed by atoms with Gasteiger partial charge in [-0.2, -0.15) is 5.26 Å². The molecule has 1 heterocycles. The number of nitrogens with one attached hydrogen (secondary N) is 1. The zero-order chi connectivity index (χ0) is 13.8. The van der Waals surface area contributed by atoms with Gasteiger partial charge in [-0.3, -0.25) is 4.98 Å². The van der Waals surface area contributed by atoms with E-state index < -0.39 is 0 Å². The van der Waals surface area contributed by atoms with Gasteiger partial charge in [-0.05, 0) is 44.4 Å². The highest BCUT2D eigenvalue weighted by Crippen LogP contribution is 2.29. The van der Waals surface area contributed by atoms with Gasteiger partial charge < -0.3 is 5.32 Å². The predicted octanol–water partition coefficient (Wildman–Crippen LogP) is 4.04. The predicted molar refractivity (Wildman–Crippen MR) is 79.9 cm³/mol. The number of aryl methyl sites for hydroxylation is 2. The van der Waals surface area contributed by atoms with Crippen LogP contribution in [0, 0.1) is 25.2 Å². The number of aromatic nitrogens is 1. The summed E-state index contributed by atoms with van der Waals surface area (Å²) in [5.41, 5.74) is 4.35. The third-order valence-electron chi connectivity index (χ3n) is 2.85. The van der Waals surface area contributed by atoms with Crippen LogP contribution in [0.15, 0.2) is 35.2 Å². The molecular formula is C15H15N3S. The summed E-state index contributed by atoms with van der Waals surface area (Å²) in [6.45, 7) is 3.92. The molecule has 1 aromatic heterocycles. The van der Waals surface area contributed by atoms with Gasteiger partial charge in [0.05, 0.1) is 22.6 Å². The van der Waals surface area contributed by atoms with Crippen LogP contribution < -0.4 is 5.32 Å². The van der Waals surface area contributed by atoms with Gasteiger partial charge in [0, 0.05) is 10.6 Å². The van der Waals surface area contributed by atoms with E-state index in [1.54, 1.807) is 11.8 Å². The van der Waals surface area contributed by atoms with Crippen LogP contribution in [0.3, 0.4) is 0 Å². The molecule has 96 valence electrons. The molecule has 0 aliphatic carbocycles. The molecule has 0 aliphatic rings. The Morgan fingerprint density at radius 1 is 1.16 bits per heavy atom. The lowest BCUT2D eigenvalue weighted by molar-refractivity contribution is 1.12. The number of anilines is 2.